The molecular formula is C3H9NO3S2. The van der Waals surface area contributed by atoms with Crippen LogP contribution >= 0.6 is 12.6 Å². The fraction of sp³-hybridized carbons (Fsp3) is 1.00. The van der Waals surface area contributed by atoms with Gasteiger partial charge in [0.1, 0.15) is 5.08 Å². The van der Waals surface area contributed by atoms with Gasteiger partial charge in [0.2, 0.25) is 0 Å². The lowest BCUT2D eigenvalue weighted by Gasteiger charge is -1.98. The van der Waals surface area contributed by atoms with E-state index in [9.17, 15) is 8.42 Å². The zero-order valence-corrected chi connectivity index (χ0v) is 6.49. The molecule has 0 aromatic carbocycles. The van der Waals surface area contributed by atoms with Gasteiger partial charge in [0.25, 0.3) is 10.1 Å². The predicted molar refractivity (Wildman–Crippen MR) is 37.8 cm³/mol. The second kappa shape index (κ2) is 4.10. The molecular weight excluding hydrogens is 162 g/mol. The van der Waals surface area contributed by atoms with Crippen molar-refractivity contribution in [3.05, 3.63) is 0 Å². The molecule has 0 bridgehead atoms. The van der Waals surface area contributed by atoms with Gasteiger partial charge in [-0.25, -0.2) is 0 Å². The maximum Gasteiger partial charge on any atom is 0.276 e. The average Bonchev–Trinajstić information content (AvgIpc) is 1.84. The lowest BCUT2D eigenvalue weighted by atomic mass is 10.8. The first-order valence-electron chi connectivity index (χ1n) is 2.30. The van der Waals surface area contributed by atoms with Crippen molar-refractivity contribution in [1.29, 1.82) is 0 Å². The molecule has 6 heteroatoms. The van der Waals surface area contributed by atoms with Crippen LogP contribution in [0.25, 0.3) is 0 Å². The lowest BCUT2D eigenvalue weighted by molar-refractivity contribution is 0.331. The van der Waals surface area contributed by atoms with Gasteiger partial charge in [-0.15, -0.1) is 0 Å². The highest BCUT2D eigenvalue weighted by molar-refractivity contribution is 8.01. The highest BCUT2D eigenvalue weighted by atomic mass is 32.3. The van der Waals surface area contributed by atoms with Crippen LogP contribution in [0.15, 0.2) is 0 Å². The summed E-state index contributed by atoms with van der Waals surface area (Å²) in [6.07, 6.45) is 0. The van der Waals surface area contributed by atoms with Gasteiger partial charge in [-0.1, -0.05) is 0 Å². The van der Waals surface area contributed by atoms with Gasteiger partial charge in [-0.3, -0.25) is 4.18 Å². The van der Waals surface area contributed by atoms with Crippen molar-refractivity contribution in [2.75, 3.05) is 18.2 Å². The van der Waals surface area contributed by atoms with E-state index in [0.29, 0.717) is 0 Å². The number of hydrogen-bond donors (Lipinski definition) is 2. The zero-order chi connectivity index (χ0) is 7.33. The van der Waals surface area contributed by atoms with Crippen LogP contribution in [0, 0.1) is 0 Å². The van der Waals surface area contributed by atoms with Crippen LogP contribution in [-0.4, -0.2) is 26.7 Å². The van der Waals surface area contributed by atoms with E-state index in [1.54, 1.807) is 0 Å². The highest BCUT2D eigenvalue weighted by Crippen LogP contribution is 1.93. The molecule has 0 saturated carbocycles. The molecule has 0 heterocycles. The Morgan fingerprint density at radius 2 is 2.11 bits per heavy atom. The second-order valence-corrected chi connectivity index (χ2v) is 3.68. The maximum absolute atomic E-state index is 10.4. The molecule has 0 saturated heterocycles. The van der Waals surface area contributed by atoms with Crippen molar-refractivity contribution in [1.82, 2.24) is 0 Å². The zero-order valence-electron chi connectivity index (χ0n) is 4.78. The molecule has 2 N–H and O–H groups in total. The van der Waals surface area contributed by atoms with Crippen LogP contribution in [0.5, 0.6) is 0 Å². The van der Waals surface area contributed by atoms with Crippen LogP contribution in [-0.2, 0) is 14.3 Å². The summed E-state index contributed by atoms with van der Waals surface area (Å²) in [7, 11) is -3.40. The predicted octanol–water partition coefficient (Wildman–Crippen LogP) is -0.821. The normalized spacial score (nSPS) is 11.8. The SMILES string of the molecule is NCCOS(=O)(=O)CS. The van der Waals surface area contributed by atoms with E-state index >= 15 is 0 Å². The largest absolute Gasteiger partial charge is 0.328 e. The smallest absolute Gasteiger partial charge is 0.276 e. The third kappa shape index (κ3) is 4.71. The molecule has 0 spiro atoms. The molecule has 0 aliphatic carbocycles. The average molecular weight is 171 g/mol. The molecule has 0 aromatic rings. The van der Waals surface area contributed by atoms with Gasteiger partial charge in [0.15, 0.2) is 0 Å². The van der Waals surface area contributed by atoms with E-state index in [4.69, 9.17) is 5.73 Å². The molecule has 0 aliphatic heterocycles. The molecule has 4 nitrogen and oxygen atoms in total. The number of nitrogens with two attached hydrogens (primary N) is 1. The summed E-state index contributed by atoms with van der Waals surface area (Å²) in [5, 5.41) is -0.299. The molecule has 0 unspecified atom stereocenters. The first kappa shape index (κ1) is 9.22. The molecule has 9 heavy (non-hydrogen) atoms. The molecule has 0 aliphatic rings. The Morgan fingerprint density at radius 1 is 1.56 bits per heavy atom. The van der Waals surface area contributed by atoms with Crippen molar-refractivity contribution in [2.24, 2.45) is 5.73 Å². The van der Waals surface area contributed by atoms with Crippen molar-refractivity contribution >= 4 is 22.7 Å². The first-order chi connectivity index (χ1) is 4.12. The van der Waals surface area contributed by atoms with Gasteiger partial charge < -0.3 is 5.73 Å². The van der Waals surface area contributed by atoms with E-state index in [1.807, 2.05) is 0 Å². The number of rotatable bonds is 4. The van der Waals surface area contributed by atoms with Gasteiger partial charge in [-0.2, -0.15) is 21.0 Å². The van der Waals surface area contributed by atoms with E-state index in [1.165, 1.54) is 0 Å². The van der Waals surface area contributed by atoms with Crippen LogP contribution in [0.1, 0.15) is 0 Å². The van der Waals surface area contributed by atoms with E-state index in [-0.39, 0.29) is 18.2 Å². The van der Waals surface area contributed by atoms with Crippen molar-refractivity contribution in [3.63, 3.8) is 0 Å². The van der Waals surface area contributed by atoms with Crippen molar-refractivity contribution in [3.8, 4) is 0 Å². The second-order valence-electron chi connectivity index (χ2n) is 1.30. The summed E-state index contributed by atoms with van der Waals surface area (Å²) in [4.78, 5) is 0. The summed E-state index contributed by atoms with van der Waals surface area (Å²) in [6.45, 7) is 0.232. The van der Waals surface area contributed by atoms with Gasteiger partial charge in [0.05, 0.1) is 6.61 Å². The van der Waals surface area contributed by atoms with E-state index < -0.39 is 10.1 Å². The Kier molecular flexibility index (Phi) is 4.20. The Balaban J connectivity index is 3.61. The fourth-order valence-electron chi connectivity index (χ4n) is 0.212. The van der Waals surface area contributed by atoms with Crippen LogP contribution in [0.3, 0.4) is 0 Å². The lowest BCUT2D eigenvalue weighted by Crippen LogP contribution is -2.14. The summed E-state index contributed by atoms with van der Waals surface area (Å²) >= 11 is 3.52. The first-order valence-corrected chi connectivity index (χ1v) is 4.51. The molecule has 0 radical (unpaired) electrons. The van der Waals surface area contributed by atoms with Gasteiger partial charge in [-0.05, 0) is 0 Å². The van der Waals surface area contributed by atoms with Crippen LogP contribution < -0.4 is 5.73 Å². The third-order valence-corrected chi connectivity index (χ3v) is 2.33. The molecule has 0 atom stereocenters. The van der Waals surface area contributed by atoms with Crippen LogP contribution in [0.2, 0.25) is 0 Å². The monoisotopic (exact) mass is 171 g/mol. The minimum absolute atomic E-state index is 0.0306. The van der Waals surface area contributed by atoms with Gasteiger partial charge in [0, 0.05) is 6.54 Å². The topological polar surface area (TPSA) is 69.4 Å². The fourth-order valence-corrected chi connectivity index (χ4v) is 0.861. The number of hydrogen-bond acceptors (Lipinski definition) is 5. The number of thiol groups is 1. The summed E-state index contributed by atoms with van der Waals surface area (Å²) in [5.41, 5.74) is 4.98. The van der Waals surface area contributed by atoms with Crippen molar-refractivity contribution < 1.29 is 12.6 Å². The molecule has 56 valence electrons. The molecule has 0 amide bonds. The Hall–Kier alpha value is 0.220. The minimum Gasteiger partial charge on any atom is -0.328 e. The summed E-state index contributed by atoms with van der Waals surface area (Å²) < 4.78 is 25.1. The van der Waals surface area contributed by atoms with Crippen LogP contribution in [0.4, 0.5) is 0 Å². The molecule has 0 rings (SSSR count). The highest BCUT2D eigenvalue weighted by Gasteiger charge is 2.05. The van der Waals surface area contributed by atoms with E-state index in [2.05, 4.69) is 16.8 Å². The van der Waals surface area contributed by atoms with E-state index in [0.717, 1.165) is 0 Å². The Bertz CT molecular complexity index is 152. The summed E-state index contributed by atoms with van der Waals surface area (Å²) in [6, 6.07) is 0. The van der Waals surface area contributed by atoms with Gasteiger partial charge >= 0.3 is 0 Å². The molecule has 0 aromatic heterocycles. The standard InChI is InChI=1S/C3H9NO3S2/c4-1-2-7-9(5,6)3-8/h8H,1-4H2. The quantitative estimate of drug-likeness (QED) is 0.428. The maximum atomic E-state index is 10.4. The summed E-state index contributed by atoms with van der Waals surface area (Å²) in [5.74, 6) is 0. The molecule has 0 fully saturated rings. The Labute approximate surface area is 59.9 Å². The Morgan fingerprint density at radius 3 is 2.44 bits per heavy atom. The van der Waals surface area contributed by atoms with Crippen molar-refractivity contribution in [2.45, 2.75) is 0 Å². The minimum atomic E-state index is -3.40. The third-order valence-electron chi connectivity index (χ3n) is 0.539.